The fourth-order valence-electron chi connectivity index (χ4n) is 1.47. The SMILES string of the molecule is COC(=O)CC(NC(=O)NCC(C)C)c1cccs1. The first kappa shape index (κ1) is 15.5. The van der Waals surface area contributed by atoms with Crippen LogP contribution in [0.1, 0.15) is 31.2 Å². The Hall–Kier alpha value is -1.56. The van der Waals surface area contributed by atoms with Crippen LogP contribution in [0.3, 0.4) is 0 Å². The Labute approximate surface area is 117 Å². The van der Waals surface area contributed by atoms with E-state index in [1.165, 1.54) is 18.4 Å². The van der Waals surface area contributed by atoms with Gasteiger partial charge in [-0.1, -0.05) is 19.9 Å². The molecule has 0 aliphatic carbocycles. The molecular formula is C13H20N2O3S. The Morgan fingerprint density at radius 2 is 2.16 bits per heavy atom. The molecule has 0 radical (unpaired) electrons. The zero-order chi connectivity index (χ0) is 14.3. The van der Waals surface area contributed by atoms with Crippen molar-refractivity contribution in [2.45, 2.75) is 26.3 Å². The summed E-state index contributed by atoms with van der Waals surface area (Å²) in [4.78, 5) is 24.1. The van der Waals surface area contributed by atoms with Crippen LogP contribution in [0.5, 0.6) is 0 Å². The zero-order valence-electron chi connectivity index (χ0n) is 11.4. The van der Waals surface area contributed by atoms with E-state index >= 15 is 0 Å². The van der Waals surface area contributed by atoms with Crippen molar-refractivity contribution in [1.29, 1.82) is 0 Å². The molecule has 0 aromatic carbocycles. The lowest BCUT2D eigenvalue weighted by molar-refractivity contribution is -0.141. The monoisotopic (exact) mass is 284 g/mol. The largest absolute Gasteiger partial charge is 0.469 e. The molecule has 1 aromatic heterocycles. The molecule has 1 heterocycles. The third-order valence-corrected chi connectivity index (χ3v) is 3.45. The molecule has 0 aliphatic rings. The minimum atomic E-state index is -0.348. The summed E-state index contributed by atoms with van der Waals surface area (Å²) in [5.41, 5.74) is 0. The second-order valence-electron chi connectivity index (χ2n) is 4.60. The predicted molar refractivity (Wildman–Crippen MR) is 75.1 cm³/mol. The van der Waals surface area contributed by atoms with Gasteiger partial charge in [-0.3, -0.25) is 4.79 Å². The average molecular weight is 284 g/mol. The van der Waals surface area contributed by atoms with E-state index in [4.69, 9.17) is 0 Å². The van der Waals surface area contributed by atoms with Crippen LogP contribution in [-0.4, -0.2) is 25.7 Å². The molecule has 2 amide bonds. The number of ether oxygens (including phenoxy) is 1. The van der Waals surface area contributed by atoms with Crippen LogP contribution in [0.4, 0.5) is 4.79 Å². The first-order valence-corrected chi connectivity index (χ1v) is 7.05. The van der Waals surface area contributed by atoms with Crippen molar-refractivity contribution < 1.29 is 14.3 Å². The lowest BCUT2D eigenvalue weighted by Crippen LogP contribution is -2.40. The van der Waals surface area contributed by atoms with E-state index < -0.39 is 0 Å². The highest BCUT2D eigenvalue weighted by Crippen LogP contribution is 2.22. The summed E-state index contributed by atoms with van der Waals surface area (Å²) in [5.74, 6) is 0.0362. The van der Waals surface area contributed by atoms with E-state index in [-0.39, 0.29) is 24.5 Å². The highest BCUT2D eigenvalue weighted by Gasteiger charge is 2.19. The number of hydrogen-bond acceptors (Lipinski definition) is 4. The normalized spacial score (nSPS) is 12.0. The van der Waals surface area contributed by atoms with Gasteiger partial charge in [-0.2, -0.15) is 0 Å². The molecule has 19 heavy (non-hydrogen) atoms. The Bertz CT molecular complexity index is 404. The van der Waals surface area contributed by atoms with Crippen LogP contribution >= 0.6 is 11.3 Å². The summed E-state index contributed by atoms with van der Waals surface area (Å²) in [5, 5.41) is 7.48. The number of hydrogen-bond donors (Lipinski definition) is 2. The van der Waals surface area contributed by atoms with Gasteiger partial charge in [0, 0.05) is 11.4 Å². The van der Waals surface area contributed by atoms with Gasteiger partial charge in [0.15, 0.2) is 0 Å². The smallest absolute Gasteiger partial charge is 0.315 e. The van der Waals surface area contributed by atoms with Crippen molar-refractivity contribution >= 4 is 23.3 Å². The average Bonchev–Trinajstić information content (AvgIpc) is 2.89. The third kappa shape index (κ3) is 5.74. The third-order valence-electron chi connectivity index (χ3n) is 2.46. The maximum absolute atomic E-state index is 11.8. The predicted octanol–water partition coefficient (Wildman–Crippen LogP) is 2.31. The second kappa shape index (κ2) is 7.78. The minimum absolute atomic E-state index is 0.131. The molecule has 1 unspecified atom stereocenters. The molecule has 1 atom stereocenters. The fraction of sp³-hybridized carbons (Fsp3) is 0.538. The molecule has 5 nitrogen and oxygen atoms in total. The second-order valence-corrected chi connectivity index (χ2v) is 5.58. The first-order valence-electron chi connectivity index (χ1n) is 6.17. The molecule has 6 heteroatoms. The topological polar surface area (TPSA) is 67.4 Å². The molecule has 0 saturated heterocycles. The number of carbonyl (C=O) groups excluding carboxylic acids is 2. The summed E-state index contributed by atoms with van der Waals surface area (Å²) in [6, 6.07) is 3.16. The number of esters is 1. The van der Waals surface area contributed by atoms with Crippen molar-refractivity contribution in [3.63, 3.8) is 0 Å². The van der Waals surface area contributed by atoms with Gasteiger partial charge in [-0.15, -0.1) is 11.3 Å². The highest BCUT2D eigenvalue weighted by atomic mass is 32.1. The van der Waals surface area contributed by atoms with E-state index in [1.807, 2.05) is 31.4 Å². The van der Waals surface area contributed by atoms with Gasteiger partial charge in [-0.25, -0.2) is 4.79 Å². The number of nitrogens with one attached hydrogen (secondary N) is 2. The van der Waals surface area contributed by atoms with Crippen LogP contribution in [0.15, 0.2) is 17.5 Å². The Kier molecular flexibility index (Phi) is 6.35. The summed E-state index contributed by atoms with van der Waals surface area (Å²) in [6.07, 6.45) is 0.131. The molecule has 1 aromatic rings. The molecule has 2 N–H and O–H groups in total. The molecule has 0 fully saturated rings. The van der Waals surface area contributed by atoms with Crippen molar-refractivity contribution in [2.75, 3.05) is 13.7 Å². The van der Waals surface area contributed by atoms with E-state index in [2.05, 4.69) is 15.4 Å². The first-order chi connectivity index (χ1) is 9.02. The van der Waals surface area contributed by atoms with Crippen molar-refractivity contribution in [2.24, 2.45) is 5.92 Å². The Morgan fingerprint density at radius 1 is 1.42 bits per heavy atom. The van der Waals surface area contributed by atoms with Gasteiger partial charge >= 0.3 is 12.0 Å². The number of amides is 2. The molecule has 0 bridgehead atoms. The summed E-state index contributed by atoms with van der Waals surface area (Å²) in [7, 11) is 1.34. The molecule has 106 valence electrons. The highest BCUT2D eigenvalue weighted by molar-refractivity contribution is 7.10. The van der Waals surface area contributed by atoms with Crippen molar-refractivity contribution in [3.8, 4) is 0 Å². The number of urea groups is 1. The number of rotatable bonds is 6. The maximum Gasteiger partial charge on any atom is 0.315 e. The molecule has 0 saturated carbocycles. The van der Waals surface area contributed by atoms with Crippen LogP contribution in [0.25, 0.3) is 0 Å². The quantitative estimate of drug-likeness (QED) is 0.788. The van der Waals surface area contributed by atoms with Gasteiger partial charge in [-0.05, 0) is 17.4 Å². The Morgan fingerprint density at radius 3 is 2.68 bits per heavy atom. The van der Waals surface area contributed by atoms with Crippen LogP contribution in [0, 0.1) is 5.92 Å². The zero-order valence-corrected chi connectivity index (χ0v) is 12.3. The van der Waals surface area contributed by atoms with Crippen LogP contribution < -0.4 is 10.6 Å². The van der Waals surface area contributed by atoms with Crippen LogP contribution in [-0.2, 0) is 9.53 Å². The van der Waals surface area contributed by atoms with E-state index in [1.54, 1.807) is 0 Å². The van der Waals surface area contributed by atoms with Gasteiger partial charge < -0.3 is 15.4 Å². The van der Waals surface area contributed by atoms with Gasteiger partial charge in [0.05, 0.1) is 19.6 Å². The summed E-state index contributed by atoms with van der Waals surface area (Å²) < 4.78 is 4.65. The lowest BCUT2D eigenvalue weighted by Gasteiger charge is -2.17. The van der Waals surface area contributed by atoms with Crippen molar-refractivity contribution in [1.82, 2.24) is 10.6 Å². The number of carbonyl (C=O) groups is 2. The van der Waals surface area contributed by atoms with Crippen molar-refractivity contribution in [3.05, 3.63) is 22.4 Å². The fourth-order valence-corrected chi connectivity index (χ4v) is 2.25. The van der Waals surface area contributed by atoms with E-state index in [0.29, 0.717) is 12.5 Å². The van der Waals surface area contributed by atoms with Gasteiger partial charge in [0.25, 0.3) is 0 Å². The Balaban J connectivity index is 2.59. The van der Waals surface area contributed by atoms with E-state index in [0.717, 1.165) is 4.88 Å². The standard InChI is InChI=1S/C13H20N2O3S/c1-9(2)8-14-13(17)15-10(7-12(16)18-3)11-5-4-6-19-11/h4-6,9-10H,7-8H2,1-3H3,(H2,14,15,17). The molecule has 0 spiro atoms. The summed E-state index contributed by atoms with van der Waals surface area (Å²) >= 11 is 1.50. The number of methoxy groups -OCH3 is 1. The lowest BCUT2D eigenvalue weighted by atomic mass is 10.1. The molecule has 0 aliphatic heterocycles. The van der Waals surface area contributed by atoms with Gasteiger partial charge in [0.2, 0.25) is 0 Å². The van der Waals surface area contributed by atoms with E-state index in [9.17, 15) is 9.59 Å². The molecular weight excluding hydrogens is 264 g/mol. The molecule has 1 rings (SSSR count). The van der Waals surface area contributed by atoms with Crippen LogP contribution in [0.2, 0.25) is 0 Å². The number of thiophene rings is 1. The van der Waals surface area contributed by atoms with Gasteiger partial charge in [0.1, 0.15) is 0 Å². The minimum Gasteiger partial charge on any atom is -0.469 e. The maximum atomic E-state index is 11.8. The summed E-state index contributed by atoms with van der Waals surface area (Å²) in [6.45, 7) is 4.64.